The molecule has 0 unspecified atom stereocenters. The molecular weight excluding hydrogens is 273 g/mol. The van der Waals surface area contributed by atoms with Gasteiger partial charge in [-0.25, -0.2) is 4.39 Å². The number of amides is 1. The molecule has 108 valence electrons. The van der Waals surface area contributed by atoms with E-state index in [0.717, 1.165) is 6.07 Å². The first kappa shape index (κ1) is 14.7. The number of Topliss-reactive ketones (excluding diaryl/α,β-unsaturated/α-hetero) is 1. The molecule has 0 aliphatic rings. The van der Waals surface area contributed by atoms with E-state index in [0.29, 0.717) is 11.1 Å². The molecular formula is C16H14FNO3. The molecule has 0 spiro atoms. The number of benzene rings is 2. The molecule has 0 aliphatic heterocycles. The molecule has 0 saturated carbocycles. The van der Waals surface area contributed by atoms with Crippen molar-refractivity contribution in [1.29, 1.82) is 0 Å². The minimum atomic E-state index is -0.745. The van der Waals surface area contributed by atoms with E-state index in [4.69, 9.17) is 5.11 Å². The largest absolute Gasteiger partial charge is 0.505 e. The molecule has 2 aromatic rings. The maximum atomic E-state index is 13.2. The summed E-state index contributed by atoms with van der Waals surface area (Å²) < 4.78 is 13.2. The Hall–Kier alpha value is -2.69. The molecule has 2 N–H and O–H groups in total. The third-order valence-electron chi connectivity index (χ3n) is 3.02. The second-order valence-corrected chi connectivity index (χ2v) is 4.57. The van der Waals surface area contributed by atoms with E-state index in [-0.39, 0.29) is 17.9 Å². The zero-order valence-corrected chi connectivity index (χ0v) is 11.4. The van der Waals surface area contributed by atoms with Gasteiger partial charge in [0.15, 0.2) is 17.3 Å². The van der Waals surface area contributed by atoms with Crippen LogP contribution in [0.1, 0.15) is 33.2 Å². The summed E-state index contributed by atoms with van der Waals surface area (Å²) in [5.41, 5.74) is 1.13. The third kappa shape index (κ3) is 3.45. The van der Waals surface area contributed by atoms with Gasteiger partial charge in [0, 0.05) is 12.1 Å². The molecule has 0 radical (unpaired) electrons. The zero-order chi connectivity index (χ0) is 15.4. The minimum absolute atomic E-state index is 0.0995. The Labute approximate surface area is 121 Å². The predicted octanol–water partition coefficient (Wildman–Crippen LogP) is 2.66. The fraction of sp³-hybridized carbons (Fsp3) is 0.125. The second kappa shape index (κ2) is 6.17. The van der Waals surface area contributed by atoms with Gasteiger partial charge < -0.3 is 10.4 Å². The van der Waals surface area contributed by atoms with Gasteiger partial charge in [-0.1, -0.05) is 24.3 Å². The standard InChI is InChI=1S/C16H14FNO3/c1-10(19)12-4-2-3-5-13(12)16(21)18-9-11-6-7-15(20)14(17)8-11/h2-8,20H,9H2,1H3,(H,18,21). The lowest BCUT2D eigenvalue weighted by molar-refractivity contribution is 0.0936. The smallest absolute Gasteiger partial charge is 0.252 e. The summed E-state index contributed by atoms with van der Waals surface area (Å²) in [6.07, 6.45) is 0. The maximum absolute atomic E-state index is 13.2. The number of carbonyl (C=O) groups is 2. The Kier molecular flexibility index (Phi) is 4.33. The number of carbonyl (C=O) groups excluding carboxylic acids is 2. The van der Waals surface area contributed by atoms with Crippen LogP contribution in [0.4, 0.5) is 4.39 Å². The van der Waals surface area contributed by atoms with Crippen molar-refractivity contribution in [3.63, 3.8) is 0 Å². The van der Waals surface area contributed by atoms with Crippen LogP contribution in [0.5, 0.6) is 5.75 Å². The zero-order valence-electron chi connectivity index (χ0n) is 11.4. The van der Waals surface area contributed by atoms with E-state index in [9.17, 15) is 14.0 Å². The van der Waals surface area contributed by atoms with Crippen LogP contribution >= 0.6 is 0 Å². The van der Waals surface area contributed by atoms with Crippen molar-refractivity contribution in [3.05, 3.63) is 65.0 Å². The maximum Gasteiger partial charge on any atom is 0.252 e. The van der Waals surface area contributed by atoms with Gasteiger partial charge in [-0.05, 0) is 30.7 Å². The fourth-order valence-electron chi connectivity index (χ4n) is 1.93. The lowest BCUT2D eigenvalue weighted by Crippen LogP contribution is -2.24. The lowest BCUT2D eigenvalue weighted by atomic mass is 10.0. The average Bonchev–Trinajstić information content (AvgIpc) is 2.48. The van der Waals surface area contributed by atoms with Gasteiger partial charge in [0.2, 0.25) is 0 Å². The molecule has 4 nitrogen and oxygen atoms in total. The van der Waals surface area contributed by atoms with Crippen LogP contribution in [-0.4, -0.2) is 16.8 Å². The molecule has 2 aromatic carbocycles. The van der Waals surface area contributed by atoms with Crippen molar-refractivity contribution < 1.29 is 19.1 Å². The quantitative estimate of drug-likeness (QED) is 0.850. The number of ketones is 1. The monoisotopic (exact) mass is 287 g/mol. The number of rotatable bonds is 4. The summed E-state index contributed by atoms with van der Waals surface area (Å²) in [5, 5.41) is 11.7. The van der Waals surface area contributed by atoms with Crippen molar-refractivity contribution in [2.45, 2.75) is 13.5 Å². The molecule has 0 bridgehead atoms. The van der Waals surface area contributed by atoms with Crippen LogP contribution in [0, 0.1) is 5.82 Å². The number of hydrogen-bond acceptors (Lipinski definition) is 3. The molecule has 2 rings (SSSR count). The molecule has 0 saturated heterocycles. The number of halogens is 1. The molecule has 5 heteroatoms. The highest BCUT2D eigenvalue weighted by molar-refractivity contribution is 6.07. The Morgan fingerprint density at radius 2 is 1.81 bits per heavy atom. The Bertz CT molecular complexity index is 698. The van der Waals surface area contributed by atoms with Gasteiger partial charge in [-0.15, -0.1) is 0 Å². The summed E-state index contributed by atoms with van der Waals surface area (Å²) in [6.45, 7) is 1.49. The van der Waals surface area contributed by atoms with Crippen LogP contribution < -0.4 is 5.32 Å². The van der Waals surface area contributed by atoms with Gasteiger partial charge >= 0.3 is 0 Å². The van der Waals surface area contributed by atoms with Gasteiger partial charge in [-0.2, -0.15) is 0 Å². The van der Waals surface area contributed by atoms with Crippen molar-refractivity contribution in [2.24, 2.45) is 0 Å². The number of nitrogens with one attached hydrogen (secondary N) is 1. The van der Waals surface area contributed by atoms with E-state index in [1.165, 1.54) is 19.1 Å². The Balaban J connectivity index is 2.12. The molecule has 21 heavy (non-hydrogen) atoms. The number of aromatic hydroxyl groups is 1. The predicted molar refractivity (Wildman–Crippen MR) is 75.7 cm³/mol. The van der Waals surface area contributed by atoms with Gasteiger partial charge in [0.05, 0.1) is 5.56 Å². The van der Waals surface area contributed by atoms with E-state index >= 15 is 0 Å². The topological polar surface area (TPSA) is 66.4 Å². The first-order valence-corrected chi connectivity index (χ1v) is 6.34. The van der Waals surface area contributed by atoms with Crippen LogP contribution in [0.2, 0.25) is 0 Å². The van der Waals surface area contributed by atoms with E-state index in [1.807, 2.05) is 0 Å². The Morgan fingerprint density at radius 1 is 1.14 bits per heavy atom. The van der Waals surface area contributed by atoms with Crippen molar-refractivity contribution in [3.8, 4) is 5.75 Å². The number of phenols is 1. The molecule has 0 aromatic heterocycles. The molecule has 0 aliphatic carbocycles. The first-order valence-electron chi connectivity index (χ1n) is 6.34. The van der Waals surface area contributed by atoms with E-state index in [1.54, 1.807) is 24.3 Å². The highest BCUT2D eigenvalue weighted by Gasteiger charge is 2.13. The third-order valence-corrected chi connectivity index (χ3v) is 3.02. The highest BCUT2D eigenvalue weighted by Crippen LogP contribution is 2.16. The highest BCUT2D eigenvalue weighted by atomic mass is 19.1. The normalized spacial score (nSPS) is 10.2. The van der Waals surface area contributed by atoms with E-state index in [2.05, 4.69) is 5.32 Å². The summed E-state index contributed by atoms with van der Waals surface area (Å²) in [4.78, 5) is 23.6. The second-order valence-electron chi connectivity index (χ2n) is 4.57. The Morgan fingerprint density at radius 3 is 2.43 bits per heavy atom. The summed E-state index contributed by atoms with van der Waals surface area (Å²) in [6, 6.07) is 10.4. The summed E-state index contributed by atoms with van der Waals surface area (Å²) in [5.74, 6) is -1.79. The van der Waals surface area contributed by atoms with Crippen LogP contribution in [-0.2, 0) is 6.54 Å². The van der Waals surface area contributed by atoms with Crippen molar-refractivity contribution >= 4 is 11.7 Å². The average molecular weight is 287 g/mol. The van der Waals surface area contributed by atoms with E-state index < -0.39 is 17.5 Å². The summed E-state index contributed by atoms with van der Waals surface area (Å²) in [7, 11) is 0. The SMILES string of the molecule is CC(=O)c1ccccc1C(=O)NCc1ccc(O)c(F)c1. The van der Waals surface area contributed by atoms with Crippen molar-refractivity contribution in [1.82, 2.24) is 5.32 Å². The van der Waals surface area contributed by atoms with Crippen LogP contribution in [0.3, 0.4) is 0 Å². The lowest BCUT2D eigenvalue weighted by Gasteiger charge is -2.08. The molecule has 1 amide bonds. The van der Waals surface area contributed by atoms with Crippen LogP contribution in [0.25, 0.3) is 0 Å². The minimum Gasteiger partial charge on any atom is -0.505 e. The van der Waals surface area contributed by atoms with Gasteiger partial charge in [0.1, 0.15) is 0 Å². The fourth-order valence-corrected chi connectivity index (χ4v) is 1.93. The summed E-state index contributed by atoms with van der Waals surface area (Å²) >= 11 is 0. The van der Waals surface area contributed by atoms with Gasteiger partial charge in [-0.3, -0.25) is 9.59 Å². The molecule has 0 fully saturated rings. The number of hydrogen-bond donors (Lipinski definition) is 2. The van der Waals surface area contributed by atoms with Crippen LogP contribution in [0.15, 0.2) is 42.5 Å². The first-order chi connectivity index (χ1) is 9.99. The van der Waals surface area contributed by atoms with Gasteiger partial charge in [0.25, 0.3) is 5.91 Å². The number of phenolic OH excluding ortho intramolecular Hbond substituents is 1. The molecule has 0 atom stereocenters. The van der Waals surface area contributed by atoms with Crippen molar-refractivity contribution in [2.75, 3.05) is 0 Å². The molecule has 0 heterocycles.